The molecule has 0 N–H and O–H groups in total. The van der Waals surface area contributed by atoms with Gasteiger partial charge in [0.25, 0.3) is 0 Å². The molecule has 0 aliphatic rings. The molecule has 0 bridgehead atoms. The molecule has 0 aliphatic heterocycles. The molecule has 0 aromatic carbocycles. The maximum Gasteiger partial charge on any atom is 0 e. The topological polar surface area (TPSA) is 0 Å². The molecule has 0 nitrogen and oxygen atoms in total. The molecule has 0 atom stereocenters. The standard InChI is InChI=1S/C4H4S.S/c1-2-4-5-3-1;/h1-4H;. The van der Waals surface area contributed by atoms with Crippen molar-refractivity contribution in [3.05, 3.63) is 22.9 Å². The van der Waals surface area contributed by atoms with Gasteiger partial charge in [-0.15, -0.1) is 0 Å². The fraction of sp³-hybridized carbons (Fsp3) is 0. The summed E-state index contributed by atoms with van der Waals surface area (Å²) in [5.41, 5.74) is 0. The molecule has 1 aromatic heterocycles. The third kappa shape index (κ3) is 1.48. The van der Waals surface area contributed by atoms with Gasteiger partial charge < -0.3 is 0 Å². The van der Waals surface area contributed by atoms with Crippen LogP contribution in [0.5, 0.6) is 0 Å². The van der Waals surface area contributed by atoms with Crippen molar-refractivity contribution in [1.29, 1.82) is 0 Å². The summed E-state index contributed by atoms with van der Waals surface area (Å²) in [7, 11) is 0. The highest BCUT2D eigenvalue weighted by atomic mass is 32.1. The minimum Gasteiger partial charge on any atom is -0.152 e. The predicted octanol–water partition coefficient (Wildman–Crippen LogP) is 2.40. The number of rotatable bonds is 0. The maximum absolute atomic E-state index is 2.04. The molecule has 2 heteroatoms. The van der Waals surface area contributed by atoms with Gasteiger partial charge in [0, 0.05) is 13.5 Å². The van der Waals surface area contributed by atoms with Gasteiger partial charge in [0.1, 0.15) is 0 Å². The Morgan fingerprint density at radius 3 is 1.67 bits per heavy atom. The summed E-state index contributed by atoms with van der Waals surface area (Å²) in [6.45, 7) is 0. The molecule has 32 valence electrons. The molecule has 0 aliphatic carbocycles. The van der Waals surface area contributed by atoms with Crippen molar-refractivity contribution in [1.82, 2.24) is 0 Å². The summed E-state index contributed by atoms with van der Waals surface area (Å²) >= 11 is 1.71. The van der Waals surface area contributed by atoms with Crippen molar-refractivity contribution in [3.63, 3.8) is 0 Å². The average molecular weight is 116 g/mol. The summed E-state index contributed by atoms with van der Waals surface area (Å²) in [4.78, 5) is 0. The van der Waals surface area contributed by atoms with Crippen molar-refractivity contribution in [2.24, 2.45) is 0 Å². The van der Waals surface area contributed by atoms with E-state index in [4.69, 9.17) is 0 Å². The van der Waals surface area contributed by atoms with Crippen molar-refractivity contribution >= 4 is 24.8 Å². The highest BCUT2D eigenvalue weighted by Crippen LogP contribution is 1.91. The first-order valence-corrected chi connectivity index (χ1v) is 2.41. The minimum atomic E-state index is 0. The molecule has 0 saturated carbocycles. The van der Waals surface area contributed by atoms with Gasteiger partial charge in [-0.05, 0) is 10.8 Å². The van der Waals surface area contributed by atoms with E-state index in [0.717, 1.165) is 0 Å². The molecule has 6 heavy (non-hydrogen) atoms. The van der Waals surface area contributed by atoms with Crippen LogP contribution >= 0.6 is 24.8 Å². The van der Waals surface area contributed by atoms with Crippen molar-refractivity contribution in [2.75, 3.05) is 0 Å². The molecule has 0 fully saturated rings. The van der Waals surface area contributed by atoms with Crippen LogP contribution in [0.4, 0.5) is 0 Å². The predicted molar refractivity (Wildman–Crippen MR) is 31.9 cm³/mol. The quantitative estimate of drug-likeness (QED) is 0.488. The monoisotopic (exact) mass is 116 g/mol. The van der Waals surface area contributed by atoms with Gasteiger partial charge in [0.05, 0.1) is 0 Å². The Balaban J connectivity index is 0.000000250. The smallest absolute Gasteiger partial charge is 0 e. The van der Waals surface area contributed by atoms with E-state index in [1.165, 1.54) is 0 Å². The third-order valence-electron chi connectivity index (χ3n) is 0.425. The second-order valence-electron chi connectivity index (χ2n) is 0.793. The van der Waals surface area contributed by atoms with Crippen LogP contribution in [0, 0.1) is 0 Å². The Bertz CT molecular complexity index is 62.0. The van der Waals surface area contributed by atoms with Gasteiger partial charge in [-0.3, -0.25) is 0 Å². The lowest BCUT2D eigenvalue weighted by atomic mass is 10.7. The molecule has 0 saturated heterocycles. The first kappa shape index (κ1) is 6.05. The fourth-order valence-corrected chi connectivity index (χ4v) is 0.680. The second-order valence-corrected chi connectivity index (χ2v) is 1.61. The van der Waals surface area contributed by atoms with E-state index in [0.29, 0.717) is 0 Å². The van der Waals surface area contributed by atoms with Crippen LogP contribution in [0.25, 0.3) is 0 Å². The molecule has 0 spiro atoms. The van der Waals surface area contributed by atoms with Gasteiger partial charge in [0.2, 0.25) is 0 Å². The summed E-state index contributed by atoms with van der Waals surface area (Å²) in [6, 6.07) is 4.04. The molecule has 1 rings (SSSR count). The van der Waals surface area contributed by atoms with Crippen LogP contribution in [0.3, 0.4) is 0 Å². The van der Waals surface area contributed by atoms with Crippen LogP contribution in [0.15, 0.2) is 22.9 Å². The Morgan fingerprint density at radius 1 is 1.00 bits per heavy atom. The zero-order chi connectivity index (χ0) is 3.54. The van der Waals surface area contributed by atoms with Crippen LogP contribution in [-0.2, 0) is 0 Å². The van der Waals surface area contributed by atoms with Gasteiger partial charge in [-0.2, -0.15) is 11.3 Å². The van der Waals surface area contributed by atoms with Crippen molar-refractivity contribution in [2.45, 2.75) is 0 Å². The molecular weight excluding hydrogens is 112 g/mol. The van der Waals surface area contributed by atoms with Gasteiger partial charge >= 0.3 is 0 Å². The average Bonchev–Trinajstić information content (AvgIpc) is 1.76. The normalized spacial score (nSPS) is 6.67. The zero-order valence-corrected chi connectivity index (χ0v) is 4.76. The van der Waals surface area contributed by atoms with Gasteiger partial charge in [0.15, 0.2) is 0 Å². The van der Waals surface area contributed by atoms with Crippen molar-refractivity contribution in [3.8, 4) is 0 Å². The maximum atomic E-state index is 2.04. The second kappa shape index (κ2) is 3.25. The van der Waals surface area contributed by atoms with Gasteiger partial charge in [-0.1, -0.05) is 12.1 Å². The summed E-state index contributed by atoms with van der Waals surface area (Å²) in [5, 5.41) is 4.08. The van der Waals surface area contributed by atoms with E-state index in [9.17, 15) is 0 Å². The molecule has 0 unspecified atom stereocenters. The molecular formula is C4H4S2. The lowest BCUT2D eigenvalue weighted by molar-refractivity contribution is 2.03. The van der Waals surface area contributed by atoms with E-state index in [1.807, 2.05) is 22.9 Å². The number of hydrogen-bond donors (Lipinski definition) is 0. The summed E-state index contributed by atoms with van der Waals surface area (Å²) in [6.07, 6.45) is 0. The van der Waals surface area contributed by atoms with E-state index in [2.05, 4.69) is 0 Å². The zero-order valence-electron chi connectivity index (χ0n) is 3.13. The minimum absolute atomic E-state index is 0. The SMILES string of the molecule is [S].c1ccsc1. The van der Waals surface area contributed by atoms with E-state index < -0.39 is 0 Å². The molecule has 1 heterocycles. The van der Waals surface area contributed by atoms with Crippen LogP contribution in [0.1, 0.15) is 0 Å². The molecule has 0 amide bonds. The first-order valence-electron chi connectivity index (χ1n) is 1.47. The molecule has 1 aromatic rings. The number of thiophene rings is 1. The lowest BCUT2D eigenvalue weighted by Crippen LogP contribution is -1.16. The number of hydrogen-bond acceptors (Lipinski definition) is 1. The van der Waals surface area contributed by atoms with Crippen LogP contribution in [-0.4, -0.2) is 0 Å². The van der Waals surface area contributed by atoms with E-state index >= 15 is 0 Å². The van der Waals surface area contributed by atoms with E-state index in [-0.39, 0.29) is 13.5 Å². The lowest BCUT2D eigenvalue weighted by Gasteiger charge is -1.39. The Kier molecular flexibility index (Phi) is 3.28. The largest absolute Gasteiger partial charge is 0.152 e. The van der Waals surface area contributed by atoms with Gasteiger partial charge in [-0.25, -0.2) is 0 Å². The Morgan fingerprint density at radius 2 is 1.50 bits per heavy atom. The highest BCUT2D eigenvalue weighted by molar-refractivity contribution is 7.59. The third-order valence-corrected chi connectivity index (χ3v) is 1.05. The Labute approximate surface area is 48.3 Å². The van der Waals surface area contributed by atoms with E-state index in [1.54, 1.807) is 11.3 Å². The molecule has 2 radical (unpaired) electrons. The van der Waals surface area contributed by atoms with Crippen LogP contribution < -0.4 is 0 Å². The first-order chi connectivity index (χ1) is 2.50. The Hall–Kier alpha value is 0.0500. The summed E-state index contributed by atoms with van der Waals surface area (Å²) < 4.78 is 0. The fourth-order valence-electron chi connectivity index (χ4n) is 0.227. The summed E-state index contributed by atoms with van der Waals surface area (Å²) in [5.74, 6) is 0. The van der Waals surface area contributed by atoms with Crippen molar-refractivity contribution < 1.29 is 0 Å². The van der Waals surface area contributed by atoms with Crippen LogP contribution in [0.2, 0.25) is 0 Å². The highest BCUT2D eigenvalue weighted by Gasteiger charge is 1.58.